The van der Waals surface area contributed by atoms with Crippen molar-refractivity contribution in [1.29, 1.82) is 5.26 Å². The monoisotopic (exact) mass is 293 g/mol. The first-order valence-electron chi connectivity index (χ1n) is 6.09. The van der Waals surface area contributed by atoms with Crippen LogP contribution in [0.3, 0.4) is 0 Å². The highest BCUT2D eigenvalue weighted by Gasteiger charge is 2.51. The van der Waals surface area contributed by atoms with Crippen LogP contribution in [0.2, 0.25) is 0 Å². The summed E-state index contributed by atoms with van der Waals surface area (Å²) >= 11 is 0. The number of aromatic nitrogens is 1. The number of alkyl halides is 2. The summed E-state index contributed by atoms with van der Waals surface area (Å²) in [6.45, 7) is 10.1. The van der Waals surface area contributed by atoms with Gasteiger partial charge in [-0.05, 0) is 26.0 Å². The second-order valence-electron chi connectivity index (χ2n) is 4.36. The van der Waals surface area contributed by atoms with Crippen LogP contribution in [0.1, 0.15) is 31.5 Å². The number of carbonyl (C=O) groups excluding carboxylic acids is 1. The average molecular weight is 293 g/mol. The molecule has 0 radical (unpaired) electrons. The van der Waals surface area contributed by atoms with Crippen LogP contribution >= 0.6 is 0 Å². The van der Waals surface area contributed by atoms with Crippen molar-refractivity contribution in [1.82, 2.24) is 4.98 Å². The number of nitrogens with zero attached hydrogens (tertiary/aromatic N) is 3. The Morgan fingerprint density at radius 2 is 2.29 bits per heavy atom. The van der Waals surface area contributed by atoms with Crippen molar-refractivity contribution in [2.24, 2.45) is 0 Å². The maximum absolute atomic E-state index is 12.5. The Morgan fingerprint density at radius 3 is 2.67 bits per heavy atom. The van der Waals surface area contributed by atoms with Gasteiger partial charge >= 0.3 is 12.0 Å². The van der Waals surface area contributed by atoms with Crippen LogP contribution in [0.15, 0.2) is 18.3 Å². The van der Waals surface area contributed by atoms with E-state index in [2.05, 4.69) is 9.83 Å². The van der Waals surface area contributed by atoms with Crippen LogP contribution in [-0.4, -0.2) is 23.6 Å². The molecule has 1 rings (SSSR count). The molecular weight excluding hydrogens is 280 g/mol. The van der Waals surface area contributed by atoms with Gasteiger partial charge in [0.15, 0.2) is 11.5 Å². The number of esters is 1. The lowest BCUT2D eigenvalue weighted by molar-refractivity contribution is -0.149. The molecule has 0 N–H and O–H groups in total. The molecule has 5 nitrogen and oxygen atoms in total. The van der Waals surface area contributed by atoms with E-state index in [9.17, 15) is 13.6 Å². The van der Waals surface area contributed by atoms with Crippen molar-refractivity contribution >= 4 is 5.97 Å². The lowest BCUT2D eigenvalue weighted by Gasteiger charge is -2.24. The summed E-state index contributed by atoms with van der Waals surface area (Å²) in [6.07, 6.45) is -1.76. The van der Waals surface area contributed by atoms with Gasteiger partial charge in [-0.2, -0.15) is 5.26 Å². The van der Waals surface area contributed by atoms with E-state index < -0.39 is 23.9 Å². The van der Waals surface area contributed by atoms with Gasteiger partial charge in [-0.3, -0.25) is 14.6 Å². The fourth-order valence-corrected chi connectivity index (χ4v) is 1.77. The van der Waals surface area contributed by atoms with Gasteiger partial charge in [0.2, 0.25) is 0 Å². The molecule has 0 aromatic carbocycles. The normalized spacial score (nSPS) is 14.6. The van der Waals surface area contributed by atoms with E-state index >= 15 is 0 Å². The summed E-state index contributed by atoms with van der Waals surface area (Å²) in [5, 5.41) is 9.06. The van der Waals surface area contributed by atoms with Gasteiger partial charge in [0.05, 0.1) is 12.3 Å². The molecule has 0 aliphatic rings. The second kappa shape index (κ2) is 6.76. The van der Waals surface area contributed by atoms with Crippen molar-refractivity contribution in [3.8, 4) is 6.07 Å². The molecule has 0 fully saturated rings. The highest BCUT2D eigenvalue weighted by molar-refractivity contribution is 5.84. The first-order valence-corrected chi connectivity index (χ1v) is 6.09. The lowest BCUT2D eigenvalue weighted by Crippen LogP contribution is -2.44. The minimum atomic E-state index is -2.69. The molecule has 2 atom stereocenters. The predicted molar refractivity (Wildman–Crippen MR) is 69.2 cm³/mol. The molecule has 1 heterocycles. The minimum absolute atomic E-state index is 0.0490. The molecule has 0 bridgehead atoms. The number of hydrogen-bond donors (Lipinski definition) is 0. The highest BCUT2D eigenvalue weighted by Crippen LogP contribution is 2.31. The van der Waals surface area contributed by atoms with E-state index in [1.807, 2.05) is 0 Å². The summed E-state index contributed by atoms with van der Waals surface area (Å²) in [7, 11) is 0. The zero-order chi connectivity index (χ0) is 16.0. The smallest absolute Gasteiger partial charge is 0.328 e. The Hall–Kier alpha value is -2.54. The summed E-state index contributed by atoms with van der Waals surface area (Å²) < 4.78 is 30.0. The highest BCUT2D eigenvalue weighted by atomic mass is 19.3. The number of nitriles is 1. The number of hydrogen-bond acceptors (Lipinski definition) is 4. The lowest BCUT2D eigenvalue weighted by atomic mass is 9.79. The number of ether oxygens (including phenoxy) is 1. The summed E-state index contributed by atoms with van der Waals surface area (Å²) in [5.74, 6) is -0.787. The predicted octanol–water partition coefficient (Wildman–Crippen LogP) is 2.65. The van der Waals surface area contributed by atoms with Crippen molar-refractivity contribution in [3.05, 3.63) is 41.0 Å². The Morgan fingerprint density at radius 1 is 1.62 bits per heavy atom. The molecule has 7 heteroatoms. The molecule has 110 valence electrons. The van der Waals surface area contributed by atoms with Crippen LogP contribution < -0.4 is 0 Å². The molecule has 0 aliphatic carbocycles. The Labute approximate surface area is 121 Å². The van der Waals surface area contributed by atoms with Gasteiger partial charge < -0.3 is 4.74 Å². The quantitative estimate of drug-likeness (QED) is 0.618. The van der Waals surface area contributed by atoms with Gasteiger partial charge in [-0.15, -0.1) is 0 Å². The van der Waals surface area contributed by atoms with Crippen molar-refractivity contribution < 1.29 is 18.3 Å². The van der Waals surface area contributed by atoms with Gasteiger partial charge in [0, 0.05) is 11.8 Å². The van der Waals surface area contributed by atoms with Gasteiger partial charge in [0.1, 0.15) is 0 Å². The van der Waals surface area contributed by atoms with E-state index in [4.69, 9.17) is 16.6 Å². The standard InChI is InChI=1S/C14H13F2N3O2/c1-4-21-13(20)14(2,11(7-17)18-3)10-6-5-9(8-19-10)12(15)16/h5-6,8,11-12H,4H2,1-2H3. The molecule has 2 unspecified atom stereocenters. The zero-order valence-corrected chi connectivity index (χ0v) is 11.5. The van der Waals surface area contributed by atoms with Crippen molar-refractivity contribution in [3.63, 3.8) is 0 Å². The Kier molecular flexibility index (Phi) is 5.31. The molecule has 0 saturated heterocycles. The topological polar surface area (TPSA) is 67.3 Å². The molecule has 1 aromatic heterocycles. The summed E-state index contributed by atoms with van der Waals surface area (Å²) in [6, 6.07) is 2.69. The zero-order valence-electron chi connectivity index (χ0n) is 11.5. The van der Waals surface area contributed by atoms with E-state index in [1.54, 1.807) is 13.0 Å². The van der Waals surface area contributed by atoms with Gasteiger partial charge in [-0.25, -0.2) is 15.4 Å². The summed E-state index contributed by atoms with van der Waals surface area (Å²) in [5.41, 5.74) is -1.89. The van der Waals surface area contributed by atoms with E-state index in [0.29, 0.717) is 0 Å². The molecule has 21 heavy (non-hydrogen) atoms. The number of pyridine rings is 1. The summed E-state index contributed by atoms with van der Waals surface area (Å²) in [4.78, 5) is 19.1. The van der Waals surface area contributed by atoms with Crippen LogP contribution in [0.5, 0.6) is 0 Å². The Balaban J connectivity index is 3.34. The molecule has 0 saturated carbocycles. The van der Waals surface area contributed by atoms with Gasteiger partial charge in [-0.1, -0.05) is 0 Å². The maximum atomic E-state index is 12.5. The molecule has 0 amide bonds. The first kappa shape index (κ1) is 16.5. The third kappa shape index (κ3) is 3.14. The molecular formula is C14H13F2N3O2. The minimum Gasteiger partial charge on any atom is -0.465 e. The maximum Gasteiger partial charge on any atom is 0.328 e. The first-order chi connectivity index (χ1) is 9.91. The average Bonchev–Trinajstić information content (AvgIpc) is 2.48. The molecule has 0 aliphatic heterocycles. The van der Waals surface area contributed by atoms with E-state index in [1.165, 1.54) is 13.0 Å². The van der Waals surface area contributed by atoms with Crippen molar-refractivity contribution in [2.75, 3.05) is 6.61 Å². The third-order valence-corrected chi connectivity index (χ3v) is 3.07. The molecule has 0 spiro atoms. The number of halogens is 2. The SMILES string of the molecule is [C-]#[N+]C(C#N)C(C)(C(=O)OCC)c1ccc(C(F)F)cn1. The Bertz CT molecular complexity index is 576. The number of rotatable bonds is 5. The third-order valence-electron chi connectivity index (χ3n) is 3.07. The largest absolute Gasteiger partial charge is 0.465 e. The fraction of sp³-hybridized carbons (Fsp3) is 0.429. The van der Waals surface area contributed by atoms with Crippen LogP contribution in [0, 0.1) is 17.9 Å². The van der Waals surface area contributed by atoms with E-state index in [0.717, 1.165) is 12.3 Å². The van der Waals surface area contributed by atoms with E-state index in [-0.39, 0.29) is 17.9 Å². The van der Waals surface area contributed by atoms with Gasteiger partial charge in [0.25, 0.3) is 6.43 Å². The van der Waals surface area contributed by atoms with Crippen LogP contribution in [0.25, 0.3) is 4.85 Å². The van der Waals surface area contributed by atoms with Crippen LogP contribution in [-0.2, 0) is 14.9 Å². The number of carbonyl (C=O) groups is 1. The van der Waals surface area contributed by atoms with Crippen LogP contribution in [0.4, 0.5) is 8.78 Å². The van der Waals surface area contributed by atoms with Crippen molar-refractivity contribution in [2.45, 2.75) is 31.7 Å². The molecule has 1 aromatic rings. The fourth-order valence-electron chi connectivity index (χ4n) is 1.77. The second-order valence-corrected chi connectivity index (χ2v) is 4.36.